The number of likely N-dealkylation sites (N-methyl/N-ethyl adjacent to an activating group) is 1. The predicted molar refractivity (Wildman–Crippen MR) is 76.9 cm³/mol. The Bertz CT molecular complexity index is 408. The number of hydrogen-bond donors (Lipinski definition) is 1. The summed E-state index contributed by atoms with van der Waals surface area (Å²) in [5.74, 6) is 0. The lowest BCUT2D eigenvalue weighted by molar-refractivity contribution is 0.151. The highest BCUT2D eigenvalue weighted by Crippen LogP contribution is 2.24. The van der Waals surface area contributed by atoms with E-state index >= 15 is 0 Å². The molecule has 0 spiro atoms. The van der Waals surface area contributed by atoms with Gasteiger partial charge in [-0.25, -0.2) is 8.78 Å². The molecule has 1 aromatic carbocycles. The molecule has 1 fully saturated rings. The molecule has 0 aromatic heterocycles. The molecule has 2 rings (SSSR count). The van der Waals surface area contributed by atoms with Crippen molar-refractivity contribution in [3.05, 3.63) is 35.4 Å². The molecule has 1 aromatic rings. The van der Waals surface area contributed by atoms with E-state index in [0.717, 1.165) is 38.2 Å². The lowest BCUT2D eigenvalue weighted by Gasteiger charge is -2.30. The van der Waals surface area contributed by atoms with Gasteiger partial charge >= 0.3 is 0 Å². The van der Waals surface area contributed by atoms with Crippen LogP contribution in [0.2, 0.25) is 0 Å². The monoisotopic (exact) mass is 283 g/mol. The van der Waals surface area contributed by atoms with Crippen molar-refractivity contribution < 1.29 is 8.78 Å². The van der Waals surface area contributed by atoms with Crippen LogP contribution in [0.5, 0.6) is 0 Å². The molecule has 1 aliphatic rings. The predicted octanol–water partition coefficient (Wildman–Crippen LogP) is 2.26. The fourth-order valence-electron chi connectivity index (χ4n) is 2.74. The summed E-state index contributed by atoms with van der Waals surface area (Å²) in [5, 5.41) is 0. The number of rotatable bonds is 4. The highest BCUT2D eigenvalue weighted by Gasteiger charge is 2.21. The Labute approximate surface area is 119 Å². The summed E-state index contributed by atoms with van der Waals surface area (Å²) in [6.45, 7) is 4.60. The minimum absolute atomic E-state index is 0.0696. The molecule has 0 bridgehead atoms. The van der Waals surface area contributed by atoms with Crippen LogP contribution in [0.25, 0.3) is 0 Å². The van der Waals surface area contributed by atoms with E-state index in [9.17, 15) is 8.78 Å². The number of nitrogens with two attached hydrogens (primary N) is 1. The number of benzene rings is 1. The highest BCUT2D eigenvalue weighted by molar-refractivity contribution is 5.26. The van der Waals surface area contributed by atoms with E-state index in [1.807, 2.05) is 0 Å². The Hall–Kier alpha value is -1.04. The van der Waals surface area contributed by atoms with Crippen molar-refractivity contribution in [3.63, 3.8) is 0 Å². The molecule has 1 atom stereocenters. The molecule has 112 valence electrons. The Morgan fingerprint density at radius 3 is 2.30 bits per heavy atom. The summed E-state index contributed by atoms with van der Waals surface area (Å²) in [6, 6.07) is 6.70. The van der Waals surface area contributed by atoms with Gasteiger partial charge in [-0.15, -0.1) is 0 Å². The third kappa shape index (κ3) is 3.75. The molecule has 0 saturated carbocycles. The lowest BCUT2D eigenvalue weighted by atomic mass is 10.0. The van der Waals surface area contributed by atoms with Crippen LogP contribution in [0, 0.1) is 0 Å². The van der Waals surface area contributed by atoms with Crippen molar-refractivity contribution in [1.82, 2.24) is 9.80 Å². The minimum atomic E-state index is -2.41. The van der Waals surface area contributed by atoms with Gasteiger partial charge in [0.05, 0.1) is 0 Å². The van der Waals surface area contributed by atoms with Gasteiger partial charge in [0.25, 0.3) is 6.43 Å². The molecule has 1 heterocycles. The van der Waals surface area contributed by atoms with E-state index in [2.05, 4.69) is 16.8 Å². The lowest BCUT2D eigenvalue weighted by Crippen LogP contribution is -2.36. The Morgan fingerprint density at radius 1 is 1.05 bits per heavy atom. The molecular weight excluding hydrogens is 260 g/mol. The number of halogens is 2. The first-order valence-corrected chi connectivity index (χ1v) is 7.12. The van der Waals surface area contributed by atoms with Crippen molar-refractivity contribution in [2.45, 2.75) is 18.9 Å². The largest absolute Gasteiger partial charge is 0.329 e. The first kappa shape index (κ1) is 15.4. The average molecular weight is 283 g/mol. The van der Waals surface area contributed by atoms with E-state index in [1.54, 1.807) is 12.1 Å². The van der Waals surface area contributed by atoms with E-state index in [4.69, 9.17) is 5.73 Å². The maximum Gasteiger partial charge on any atom is 0.263 e. The van der Waals surface area contributed by atoms with Crippen molar-refractivity contribution in [2.75, 3.05) is 39.8 Å². The van der Waals surface area contributed by atoms with Crippen LogP contribution in [0.3, 0.4) is 0 Å². The zero-order valence-corrected chi connectivity index (χ0v) is 11.9. The summed E-state index contributed by atoms with van der Waals surface area (Å²) >= 11 is 0. The standard InChI is InChI=1S/C15H23F2N3/c1-19-7-2-8-20(10-9-19)14(11-18)12-3-5-13(6-4-12)15(16)17/h3-6,14-15H,2,7-11,18H2,1H3. The van der Waals surface area contributed by atoms with Gasteiger partial charge in [-0.3, -0.25) is 4.90 Å². The molecule has 5 heteroatoms. The Kier molecular flexibility index (Phi) is 5.46. The zero-order valence-electron chi connectivity index (χ0n) is 11.9. The molecular formula is C15H23F2N3. The first-order chi connectivity index (χ1) is 9.61. The van der Waals surface area contributed by atoms with Crippen LogP contribution < -0.4 is 5.73 Å². The van der Waals surface area contributed by atoms with E-state index < -0.39 is 6.43 Å². The molecule has 1 aliphatic heterocycles. The van der Waals surface area contributed by atoms with E-state index in [0.29, 0.717) is 6.54 Å². The third-order valence-corrected chi connectivity index (χ3v) is 3.99. The normalized spacial score (nSPS) is 20.1. The molecule has 0 aliphatic carbocycles. The fourth-order valence-corrected chi connectivity index (χ4v) is 2.74. The van der Waals surface area contributed by atoms with Crippen LogP contribution in [0.1, 0.15) is 30.0 Å². The van der Waals surface area contributed by atoms with E-state index in [1.165, 1.54) is 12.1 Å². The van der Waals surface area contributed by atoms with Crippen molar-refractivity contribution >= 4 is 0 Å². The zero-order chi connectivity index (χ0) is 14.5. The molecule has 20 heavy (non-hydrogen) atoms. The van der Waals surface area contributed by atoms with Gasteiger partial charge in [0, 0.05) is 37.8 Å². The highest BCUT2D eigenvalue weighted by atomic mass is 19.3. The molecule has 0 amide bonds. The van der Waals surface area contributed by atoms with Gasteiger partial charge in [0.1, 0.15) is 0 Å². The molecule has 0 radical (unpaired) electrons. The van der Waals surface area contributed by atoms with Gasteiger partial charge < -0.3 is 10.6 Å². The second-order valence-electron chi connectivity index (χ2n) is 5.41. The van der Waals surface area contributed by atoms with Gasteiger partial charge in [0.2, 0.25) is 0 Å². The molecule has 3 nitrogen and oxygen atoms in total. The van der Waals surface area contributed by atoms with Gasteiger partial charge in [0.15, 0.2) is 0 Å². The summed E-state index contributed by atoms with van der Waals surface area (Å²) in [4.78, 5) is 4.67. The van der Waals surface area contributed by atoms with Crippen molar-refractivity contribution in [2.24, 2.45) is 5.73 Å². The second kappa shape index (κ2) is 7.11. The maximum absolute atomic E-state index is 12.6. The van der Waals surface area contributed by atoms with Crippen molar-refractivity contribution in [3.8, 4) is 0 Å². The SMILES string of the molecule is CN1CCCN(C(CN)c2ccc(C(F)F)cc2)CC1. The molecule has 2 N–H and O–H groups in total. The summed E-state index contributed by atoms with van der Waals surface area (Å²) < 4.78 is 25.2. The second-order valence-corrected chi connectivity index (χ2v) is 5.41. The number of hydrogen-bond acceptors (Lipinski definition) is 3. The first-order valence-electron chi connectivity index (χ1n) is 7.12. The number of nitrogens with zero attached hydrogens (tertiary/aromatic N) is 2. The Morgan fingerprint density at radius 2 is 1.70 bits per heavy atom. The smallest absolute Gasteiger partial charge is 0.263 e. The van der Waals surface area contributed by atoms with Crippen LogP contribution in [-0.4, -0.2) is 49.6 Å². The van der Waals surface area contributed by atoms with Crippen LogP contribution in [0.15, 0.2) is 24.3 Å². The van der Waals surface area contributed by atoms with Crippen LogP contribution >= 0.6 is 0 Å². The maximum atomic E-state index is 12.6. The average Bonchev–Trinajstić information content (AvgIpc) is 2.65. The Balaban J connectivity index is 2.10. The minimum Gasteiger partial charge on any atom is -0.329 e. The molecule has 1 unspecified atom stereocenters. The molecule has 1 saturated heterocycles. The summed E-state index contributed by atoms with van der Waals surface area (Å²) in [7, 11) is 2.12. The summed E-state index contributed by atoms with van der Waals surface area (Å²) in [5.41, 5.74) is 7.01. The quantitative estimate of drug-likeness (QED) is 0.920. The van der Waals surface area contributed by atoms with Crippen molar-refractivity contribution in [1.29, 1.82) is 0 Å². The van der Waals surface area contributed by atoms with Crippen LogP contribution in [-0.2, 0) is 0 Å². The fraction of sp³-hybridized carbons (Fsp3) is 0.600. The number of alkyl halides is 2. The third-order valence-electron chi connectivity index (χ3n) is 3.99. The van der Waals surface area contributed by atoms with Gasteiger partial charge in [-0.05, 0) is 25.6 Å². The summed E-state index contributed by atoms with van der Waals surface area (Å²) in [6.07, 6.45) is -1.30. The topological polar surface area (TPSA) is 32.5 Å². The van der Waals surface area contributed by atoms with Gasteiger partial charge in [-0.2, -0.15) is 0 Å². The van der Waals surface area contributed by atoms with E-state index in [-0.39, 0.29) is 11.6 Å². The van der Waals surface area contributed by atoms with Gasteiger partial charge in [-0.1, -0.05) is 24.3 Å². The van der Waals surface area contributed by atoms with Crippen LogP contribution in [0.4, 0.5) is 8.78 Å².